The molecule has 17 aromatic rings. The van der Waals surface area contributed by atoms with E-state index in [9.17, 15) is 0 Å². The molecule has 0 N–H and O–H groups in total. The van der Waals surface area contributed by atoms with Crippen molar-refractivity contribution in [2.45, 2.75) is 37.5 Å². The highest BCUT2D eigenvalue weighted by molar-refractivity contribution is 6.16. The molecule has 0 radical (unpaired) electrons. The Balaban J connectivity index is 0.741. The maximum Gasteiger partial charge on any atom is 0.234 e. The summed E-state index contributed by atoms with van der Waals surface area (Å²) < 4.78 is 6.99. The van der Waals surface area contributed by atoms with Crippen LogP contribution in [-0.2, 0) is 5.41 Å². The normalized spacial score (nSPS) is 13.2. The van der Waals surface area contributed by atoms with Crippen molar-refractivity contribution in [2.75, 3.05) is 0 Å². The molecule has 9 nitrogen and oxygen atoms in total. The van der Waals surface area contributed by atoms with Crippen molar-refractivity contribution in [3.05, 3.63) is 309 Å². The topological polar surface area (TPSA) is 92.1 Å². The third kappa shape index (κ3) is 9.14. The van der Waals surface area contributed by atoms with Crippen molar-refractivity contribution in [2.24, 2.45) is 0 Å². The van der Waals surface area contributed by atoms with Crippen LogP contribution in [-0.4, -0.2) is 43.6 Å². The Labute approximate surface area is 537 Å². The summed E-state index contributed by atoms with van der Waals surface area (Å²) in [6.07, 6.45) is 13.2. The molecule has 0 atom stereocenters. The highest BCUT2D eigenvalue weighted by Crippen LogP contribution is 2.48. The molecule has 8 heterocycles. The van der Waals surface area contributed by atoms with Gasteiger partial charge in [0, 0.05) is 90.6 Å². The Morgan fingerprint density at radius 1 is 0.280 bits per heavy atom. The van der Waals surface area contributed by atoms with Gasteiger partial charge in [-0.25, -0.2) is 19.9 Å². The predicted octanol–water partition coefficient (Wildman–Crippen LogP) is 20.6. The first-order valence-electron chi connectivity index (χ1n) is 32.1. The number of hydrogen-bond donors (Lipinski definition) is 0. The first kappa shape index (κ1) is 54.0. The van der Waals surface area contributed by atoms with E-state index < -0.39 is 0 Å². The fraction of sp³-hybridized carbons (Fsp3) is 0.0714. The molecule has 1 saturated carbocycles. The molecule has 0 spiro atoms. The Morgan fingerprint density at radius 2 is 0.753 bits per heavy atom. The van der Waals surface area contributed by atoms with Crippen molar-refractivity contribution < 1.29 is 0 Å². The van der Waals surface area contributed by atoms with E-state index >= 15 is 0 Å². The van der Waals surface area contributed by atoms with Gasteiger partial charge in [0.15, 0.2) is 0 Å². The van der Waals surface area contributed by atoms with Gasteiger partial charge in [-0.2, -0.15) is 0 Å². The second-order valence-corrected chi connectivity index (χ2v) is 24.6. The van der Waals surface area contributed by atoms with Crippen LogP contribution in [0.5, 0.6) is 0 Å². The Morgan fingerprint density at radius 3 is 1.31 bits per heavy atom. The van der Waals surface area contributed by atoms with E-state index in [2.05, 4.69) is 262 Å². The van der Waals surface area contributed by atoms with E-state index in [-0.39, 0.29) is 5.41 Å². The molecule has 1 fully saturated rings. The predicted molar refractivity (Wildman–Crippen MR) is 379 cm³/mol. The van der Waals surface area contributed by atoms with Gasteiger partial charge >= 0.3 is 0 Å². The Bertz CT molecular complexity index is 5560. The number of benzene rings is 9. The molecule has 0 amide bonds. The van der Waals surface area contributed by atoms with Crippen LogP contribution in [0.3, 0.4) is 0 Å². The van der Waals surface area contributed by atoms with Crippen molar-refractivity contribution in [3.63, 3.8) is 0 Å². The Hall–Kier alpha value is -11.9. The average molecular weight is 1190 g/mol. The van der Waals surface area contributed by atoms with Crippen LogP contribution < -0.4 is 0 Å². The standard InChI is InChI=1S/C84H59N9/c1-4-20-56(21-5-1)73-52-70-69-49-59(35-43-80(69)93(82(70)81(90-73)57-22-6-2-7-23-57)83-87-53-60(54-88-83)55-32-38-63(39-33-55)91-76-29-11-8-24-65(76)66-25-9-12-30-77(66)91)58-34-42-79-68(48-58)67-26-10-13-31-78(67)92(79)64-40-36-61(37-41-64)84(44-16-3-17-45-84)62-50-74(71-27-14-18-46-85-71)89-75(51-62)72-28-15-19-47-86-72/h1-2,4-15,18-43,46-54H,3,16-17,44-45H2. The van der Waals surface area contributed by atoms with Gasteiger partial charge in [-0.1, -0.05) is 183 Å². The van der Waals surface area contributed by atoms with E-state index in [1.807, 2.05) is 49.1 Å². The van der Waals surface area contributed by atoms with Gasteiger partial charge in [0.05, 0.1) is 67.3 Å². The summed E-state index contributed by atoms with van der Waals surface area (Å²) in [5, 5.41) is 7.02. The third-order valence-electron chi connectivity index (χ3n) is 19.4. The van der Waals surface area contributed by atoms with Gasteiger partial charge in [0.2, 0.25) is 5.95 Å². The van der Waals surface area contributed by atoms with E-state index in [0.29, 0.717) is 5.95 Å². The molecule has 0 bridgehead atoms. The maximum absolute atomic E-state index is 5.51. The van der Waals surface area contributed by atoms with Crippen LogP contribution in [0.4, 0.5) is 0 Å². The zero-order chi connectivity index (χ0) is 61.4. The number of rotatable bonds is 11. The number of hydrogen-bond acceptors (Lipinski definition) is 6. The monoisotopic (exact) mass is 1190 g/mol. The van der Waals surface area contributed by atoms with Gasteiger partial charge in [-0.3, -0.25) is 14.5 Å². The lowest BCUT2D eigenvalue weighted by atomic mass is 9.65. The SMILES string of the molecule is c1ccc(-c2cc3c4cc(-c5ccc6c(c5)c5ccccc5n6-c5ccc(C6(c7cc(-c8ccccn8)nc(-c8ccccn8)c7)CCCCC6)cc5)ccc4n(-c4ncc(-c5ccc(-n6c7ccccc7c7ccccc76)cc5)cn4)c3c(-c3ccccc3)n2)cc1. The van der Waals surface area contributed by atoms with E-state index in [4.69, 9.17) is 29.9 Å². The number of para-hydroxylation sites is 3. The zero-order valence-electron chi connectivity index (χ0n) is 50.9. The molecule has 0 aliphatic heterocycles. The van der Waals surface area contributed by atoms with E-state index in [0.717, 1.165) is 137 Å². The number of nitrogens with zero attached hydrogens (tertiary/aromatic N) is 9. The summed E-state index contributed by atoms with van der Waals surface area (Å²) in [6.45, 7) is 0. The van der Waals surface area contributed by atoms with Gasteiger partial charge in [0.25, 0.3) is 0 Å². The van der Waals surface area contributed by atoms with Crippen molar-refractivity contribution in [1.82, 2.24) is 43.6 Å². The first-order valence-corrected chi connectivity index (χ1v) is 32.1. The summed E-state index contributed by atoms with van der Waals surface area (Å²) >= 11 is 0. The highest BCUT2D eigenvalue weighted by atomic mass is 15.2. The fourth-order valence-electron chi connectivity index (χ4n) is 14.9. The summed E-state index contributed by atoms with van der Waals surface area (Å²) in [5.74, 6) is 0.567. The maximum atomic E-state index is 5.51. The molecular formula is C84H59N9. The molecule has 1 aliphatic carbocycles. The number of fused-ring (bicyclic) bond motifs is 9. The average Bonchev–Trinajstić information content (AvgIpc) is 1.63. The summed E-state index contributed by atoms with van der Waals surface area (Å²) in [4.78, 5) is 30.7. The smallest absolute Gasteiger partial charge is 0.234 e. The van der Waals surface area contributed by atoms with Crippen LogP contribution in [0.15, 0.2) is 298 Å². The van der Waals surface area contributed by atoms with Crippen LogP contribution in [0, 0.1) is 0 Å². The zero-order valence-corrected chi connectivity index (χ0v) is 50.9. The minimum atomic E-state index is -0.207. The molecule has 18 rings (SSSR count). The van der Waals surface area contributed by atoms with Gasteiger partial charge in [0.1, 0.15) is 0 Å². The lowest BCUT2D eigenvalue weighted by Crippen LogP contribution is -2.30. The summed E-state index contributed by atoms with van der Waals surface area (Å²) in [7, 11) is 0. The van der Waals surface area contributed by atoms with Crippen molar-refractivity contribution in [3.8, 4) is 84.9 Å². The van der Waals surface area contributed by atoms with Gasteiger partial charge in [-0.05, 0) is 150 Å². The highest BCUT2D eigenvalue weighted by Gasteiger charge is 2.37. The fourth-order valence-corrected chi connectivity index (χ4v) is 14.9. The molecule has 9 aromatic carbocycles. The van der Waals surface area contributed by atoms with E-state index in [1.54, 1.807) is 0 Å². The molecule has 0 saturated heterocycles. The van der Waals surface area contributed by atoms with Crippen LogP contribution in [0.1, 0.15) is 43.2 Å². The van der Waals surface area contributed by atoms with Crippen LogP contribution >= 0.6 is 0 Å². The summed E-state index contributed by atoms with van der Waals surface area (Å²) in [6, 6.07) is 98.0. The lowest BCUT2D eigenvalue weighted by Gasteiger charge is -2.39. The summed E-state index contributed by atoms with van der Waals surface area (Å²) in [5.41, 5.74) is 22.6. The molecule has 0 unspecified atom stereocenters. The van der Waals surface area contributed by atoms with Crippen LogP contribution in [0.2, 0.25) is 0 Å². The number of pyridine rings is 4. The quantitative estimate of drug-likeness (QED) is 0.128. The molecule has 93 heavy (non-hydrogen) atoms. The van der Waals surface area contributed by atoms with Crippen molar-refractivity contribution in [1.29, 1.82) is 0 Å². The third-order valence-corrected chi connectivity index (χ3v) is 19.4. The largest absolute Gasteiger partial charge is 0.309 e. The van der Waals surface area contributed by atoms with E-state index in [1.165, 1.54) is 50.1 Å². The minimum absolute atomic E-state index is 0.207. The van der Waals surface area contributed by atoms with Crippen molar-refractivity contribution >= 4 is 65.4 Å². The molecule has 8 aromatic heterocycles. The molecule has 1 aliphatic rings. The second kappa shape index (κ2) is 22.2. The minimum Gasteiger partial charge on any atom is -0.309 e. The van der Waals surface area contributed by atoms with Gasteiger partial charge < -0.3 is 9.13 Å². The first-order chi connectivity index (χ1) is 46.1. The number of aromatic nitrogens is 9. The lowest BCUT2D eigenvalue weighted by molar-refractivity contribution is 0.346. The van der Waals surface area contributed by atoms with Crippen LogP contribution in [0.25, 0.3) is 150 Å². The molecular weight excluding hydrogens is 1130 g/mol. The molecule has 9 heteroatoms. The second-order valence-electron chi connectivity index (χ2n) is 24.6. The van der Waals surface area contributed by atoms with Gasteiger partial charge in [-0.15, -0.1) is 0 Å². The Kier molecular flexibility index (Phi) is 12.9. The molecule has 440 valence electrons.